The summed E-state index contributed by atoms with van der Waals surface area (Å²) in [5, 5.41) is 8.59. The van der Waals surface area contributed by atoms with E-state index in [1.807, 2.05) is 18.2 Å². The highest BCUT2D eigenvalue weighted by atomic mass is 32.2. The van der Waals surface area contributed by atoms with Crippen molar-refractivity contribution in [2.24, 2.45) is 0 Å². The van der Waals surface area contributed by atoms with Gasteiger partial charge in [-0.05, 0) is 43.0 Å². The van der Waals surface area contributed by atoms with Crippen LogP contribution in [-0.2, 0) is 4.79 Å². The number of aliphatic carboxylic acids is 1. The van der Waals surface area contributed by atoms with E-state index in [2.05, 4.69) is 6.92 Å². The van der Waals surface area contributed by atoms with Crippen LogP contribution in [0.3, 0.4) is 0 Å². The molecule has 0 aliphatic rings. The molecule has 0 saturated carbocycles. The third-order valence-electron chi connectivity index (χ3n) is 2.80. The van der Waals surface area contributed by atoms with Crippen LogP contribution in [0.4, 0.5) is 10.1 Å². The molecule has 104 valence electrons. The monoisotopic (exact) mass is 283 g/mol. The third kappa shape index (κ3) is 4.95. The summed E-state index contributed by atoms with van der Waals surface area (Å²) in [6, 6.07) is 4.82. The number of thioether (sulfide) groups is 1. The molecule has 0 amide bonds. The number of carboxylic acid groups (broad SMARTS) is 1. The Labute approximate surface area is 117 Å². The fraction of sp³-hybridized carbons (Fsp3) is 0.357. The Hall–Kier alpha value is -1.49. The lowest BCUT2D eigenvalue weighted by Crippen LogP contribution is -2.30. The first kappa shape index (κ1) is 15.6. The first-order valence-corrected chi connectivity index (χ1v) is 7.26. The van der Waals surface area contributed by atoms with Gasteiger partial charge in [0.1, 0.15) is 5.82 Å². The molecule has 1 unspecified atom stereocenters. The molecule has 1 N–H and O–H groups in total. The molecular formula is C14H18FNO2S. The third-order valence-corrected chi connectivity index (χ3v) is 3.62. The van der Waals surface area contributed by atoms with Crippen LogP contribution in [0.25, 0.3) is 6.08 Å². The summed E-state index contributed by atoms with van der Waals surface area (Å²) in [5.41, 5.74) is 1.28. The van der Waals surface area contributed by atoms with E-state index in [1.54, 1.807) is 17.8 Å². The van der Waals surface area contributed by atoms with E-state index in [-0.39, 0.29) is 11.9 Å². The molecule has 1 atom stereocenters. The van der Waals surface area contributed by atoms with Crippen molar-refractivity contribution >= 4 is 29.5 Å². The second-order valence-corrected chi connectivity index (χ2v) is 5.24. The molecule has 5 heteroatoms. The summed E-state index contributed by atoms with van der Waals surface area (Å²) < 4.78 is 13.5. The Morgan fingerprint density at radius 2 is 2.21 bits per heavy atom. The van der Waals surface area contributed by atoms with Gasteiger partial charge in [-0.25, -0.2) is 9.18 Å². The van der Waals surface area contributed by atoms with Crippen LogP contribution in [0.15, 0.2) is 24.3 Å². The van der Waals surface area contributed by atoms with E-state index in [4.69, 9.17) is 5.11 Å². The molecule has 0 saturated heterocycles. The summed E-state index contributed by atoms with van der Waals surface area (Å²) in [6.07, 6.45) is 4.42. The van der Waals surface area contributed by atoms with Crippen molar-refractivity contribution in [2.45, 2.75) is 13.0 Å². The van der Waals surface area contributed by atoms with E-state index in [0.29, 0.717) is 5.56 Å². The van der Waals surface area contributed by atoms with Crippen LogP contribution in [0.2, 0.25) is 0 Å². The smallest absolute Gasteiger partial charge is 0.328 e. The number of carboxylic acids is 1. The molecule has 0 aliphatic heterocycles. The van der Waals surface area contributed by atoms with Gasteiger partial charge < -0.3 is 10.0 Å². The molecule has 0 aromatic heterocycles. The molecule has 0 spiro atoms. The quantitative estimate of drug-likeness (QED) is 0.814. The standard InChI is InChI=1S/C14H18FNO2S/c1-10(9-19-3)16(2)13-7-11(4-5-14(17)18)6-12(15)8-13/h4-8,10H,9H2,1-3H3,(H,17,18)/b5-4+. The Balaban J connectivity index is 2.98. The van der Waals surface area contributed by atoms with Crippen LogP contribution in [0, 0.1) is 5.82 Å². The van der Waals surface area contributed by atoms with Crippen LogP contribution in [0.5, 0.6) is 0 Å². The van der Waals surface area contributed by atoms with Gasteiger partial charge in [0.15, 0.2) is 0 Å². The Morgan fingerprint density at radius 1 is 1.53 bits per heavy atom. The summed E-state index contributed by atoms with van der Waals surface area (Å²) in [4.78, 5) is 12.5. The van der Waals surface area contributed by atoms with Gasteiger partial charge in [-0.2, -0.15) is 11.8 Å². The Kier molecular flexibility index (Phi) is 5.89. The first-order chi connectivity index (χ1) is 8.93. The van der Waals surface area contributed by atoms with Gasteiger partial charge >= 0.3 is 5.97 Å². The van der Waals surface area contributed by atoms with Gasteiger partial charge in [-0.3, -0.25) is 0 Å². The molecule has 1 aromatic rings. The molecule has 0 heterocycles. The number of rotatable bonds is 6. The van der Waals surface area contributed by atoms with Crippen molar-refractivity contribution in [3.05, 3.63) is 35.7 Å². The maximum absolute atomic E-state index is 13.5. The second kappa shape index (κ2) is 7.19. The summed E-state index contributed by atoms with van der Waals surface area (Å²) >= 11 is 1.73. The number of hydrogen-bond acceptors (Lipinski definition) is 3. The van der Waals surface area contributed by atoms with Crippen molar-refractivity contribution in [1.29, 1.82) is 0 Å². The van der Waals surface area contributed by atoms with E-state index in [0.717, 1.165) is 17.5 Å². The van der Waals surface area contributed by atoms with Crippen molar-refractivity contribution in [3.63, 3.8) is 0 Å². The zero-order valence-electron chi connectivity index (χ0n) is 11.3. The number of nitrogens with zero attached hydrogens (tertiary/aromatic N) is 1. The molecule has 0 aliphatic carbocycles. The molecule has 19 heavy (non-hydrogen) atoms. The fourth-order valence-electron chi connectivity index (χ4n) is 1.67. The first-order valence-electron chi connectivity index (χ1n) is 5.87. The summed E-state index contributed by atoms with van der Waals surface area (Å²) in [6.45, 7) is 2.06. The minimum atomic E-state index is -1.05. The summed E-state index contributed by atoms with van der Waals surface area (Å²) in [7, 11) is 1.90. The van der Waals surface area contributed by atoms with E-state index < -0.39 is 5.97 Å². The largest absolute Gasteiger partial charge is 0.478 e. The van der Waals surface area contributed by atoms with Gasteiger partial charge in [-0.15, -0.1) is 0 Å². The minimum Gasteiger partial charge on any atom is -0.478 e. The van der Waals surface area contributed by atoms with Gasteiger partial charge in [0, 0.05) is 30.6 Å². The molecule has 0 radical (unpaired) electrons. The SMILES string of the molecule is CSCC(C)N(C)c1cc(F)cc(/C=C/C(=O)O)c1. The van der Waals surface area contributed by atoms with Gasteiger partial charge in [0.05, 0.1) is 0 Å². The van der Waals surface area contributed by atoms with Crippen molar-refractivity contribution < 1.29 is 14.3 Å². The summed E-state index contributed by atoms with van der Waals surface area (Å²) in [5.74, 6) is -0.478. The highest BCUT2D eigenvalue weighted by Crippen LogP contribution is 2.21. The Morgan fingerprint density at radius 3 is 2.79 bits per heavy atom. The number of benzene rings is 1. The predicted octanol–water partition coefficient (Wildman–Crippen LogP) is 3.11. The number of halogens is 1. The highest BCUT2D eigenvalue weighted by molar-refractivity contribution is 7.98. The average Bonchev–Trinajstić information content (AvgIpc) is 2.35. The number of carbonyl (C=O) groups is 1. The number of anilines is 1. The molecule has 1 rings (SSSR count). The van der Waals surface area contributed by atoms with Crippen LogP contribution in [-0.4, -0.2) is 36.2 Å². The van der Waals surface area contributed by atoms with Crippen LogP contribution in [0.1, 0.15) is 12.5 Å². The van der Waals surface area contributed by atoms with Crippen LogP contribution >= 0.6 is 11.8 Å². The predicted molar refractivity (Wildman–Crippen MR) is 79.3 cm³/mol. The number of hydrogen-bond donors (Lipinski definition) is 1. The van der Waals surface area contributed by atoms with Crippen LogP contribution < -0.4 is 4.90 Å². The fourth-order valence-corrected chi connectivity index (χ4v) is 2.38. The molecule has 0 fully saturated rings. The van der Waals surface area contributed by atoms with Crippen molar-refractivity contribution in [2.75, 3.05) is 24.0 Å². The maximum Gasteiger partial charge on any atom is 0.328 e. The molecule has 3 nitrogen and oxygen atoms in total. The minimum absolute atomic E-state index is 0.271. The molecule has 0 bridgehead atoms. The second-order valence-electron chi connectivity index (χ2n) is 4.33. The van der Waals surface area contributed by atoms with Gasteiger partial charge in [-0.1, -0.05) is 0 Å². The molecular weight excluding hydrogens is 265 g/mol. The Bertz CT molecular complexity index is 477. The van der Waals surface area contributed by atoms with E-state index in [9.17, 15) is 9.18 Å². The lowest BCUT2D eigenvalue weighted by atomic mass is 10.1. The maximum atomic E-state index is 13.5. The average molecular weight is 283 g/mol. The van der Waals surface area contributed by atoms with Crippen molar-refractivity contribution in [1.82, 2.24) is 0 Å². The normalized spacial score (nSPS) is 12.6. The van der Waals surface area contributed by atoms with Crippen molar-refractivity contribution in [3.8, 4) is 0 Å². The van der Waals surface area contributed by atoms with Gasteiger partial charge in [0.2, 0.25) is 0 Å². The topological polar surface area (TPSA) is 40.5 Å². The highest BCUT2D eigenvalue weighted by Gasteiger charge is 2.11. The zero-order valence-corrected chi connectivity index (χ0v) is 12.1. The lowest BCUT2D eigenvalue weighted by Gasteiger charge is -2.26. The van der Waals surface area contributed by atoms with E-state index >= 15 is 0 Å². The lowest BCUT2D eigenvalue weighted by molar-refractivity contribution is -0.131. The van der Waals surface area contributed by atoms with Gasteiger partial charge in [0.25, 0.3) is 0 Å². The molecule has 1 aromatic carbocycles. The zero-order chi connectivity index (χ0) is 14.4. The van der Waals surface area contributed by atoms with E-state index in [1.165, 1.54) is 18.2 Å².